The van der Waals surface area contributed by atoms with E-state index in [0.29, 0.717) is 27.0 Å². The average molecular weight is 389 g/mol. The number of fused-ring (bicyclic) bond motifs is 1. The molecule has 0 fully saturated rings. The van der Waals surface area contributed by atoms with Crippen molar-refractivity contribution in [2.24, 2.45) is 4.99 Å². The van der Waals surface area contributed by atoms with Crippen LogP contribution in [-0.4, -0.2) is 15.9 Å². The Morgan fingerprint density at radius 1 is 0.929 bits per heavy atom. The highest BCUT2D eigenvalue weighted by atomic mass is 35.5. The fraction of sp³-hybridized carbons (Fsp3) is 0.0435. The van der Waals surface area contributed by atoms with Gasteiger partial charge >= 0.3 is 0 Å². The van der Waals surface area contributed by atoms with Gasteiger partial charge in [0.2, 0.25) is 5.88 Å². The lowest BCUT2D eigenvalue weighted by molar-refractivity contribution is 0.436. The van der Waals surface area contributed by atoms with Gasteiger partial charge in [0, 0.05) is 22.0 Å². The van der Waals surface area contributed by atoms with Gasteiger partial charge in [-0.1, -0.05) is 47.5 Å². The van der Waals surface area contributed by atoms with Crippen molar-refractivity contribution in [3.63, 3.8) is 0 Å². The van der Waals surface area contributed by atoms with E-state index in [1.807, 2.05) is 37.3 Å². The van der Waals surface area contributed by atoms with E-state index in [0.717, 1.165) is 11.3 Å². The monoisotopic (exact) mass is 388 g/mol. The molecule has 1 aromatic heterocycles. The summed E-state index contributed by atoms with van der Waals surface area (Å²) in [6.45, 7) is 2.01. The predicted octanol–water partition coefficient (Wildman–Crippen LogP) is 5.41. The molecule has 4 nitrogen and oxygen atoms in total. The molecule has 0 aliphatic carbocycles. The van der Waals surface area contributed by atoms with Gasteiger partial charge in [0.15, 0.2) is 0 Å². The number of aromatic hydroxyl groups is 1. The number of pyridine rings is 1. The molecule has 4 rings (SSSR count). The average Bonchev–Trinajstić information content (AvgIpc) is 2.71. The molecule has 0 bridgehead atoms. The van der Waals surface area contributed by atoms with Crippen LogP contribution in [0.1, 0.15) is 11.1 Å². The first-order chi connectivity index (χ1) is 13.5. The number of hydrogen-bond acceptors (Lipinski definition) is 3. The van der Waals surface area contributed by atoms with Crippen LogP contribution in [0.3, 0.4) is 0 Å². The number of halogens is 1. The minimum absolute atomic E-state index is 0.165. The standard InChI is InChI=1S/C23H17ClN2O2/c1-15-6-10-17(11-7-15)25-14-21-19-4-2-3-5-20(19)22(27)26(23(21)28)18-12-8-16(24)9-13-18/h2-14,28H,1H3. The van der Waals surface area contributed by atoms with Crippen LogP contribution < -0.4 is 5.56 Å². The molecule has 138 valence electrons. The van der Waals surface area contributed by atoms with Crippen LogP contribution >= 0.6 is 11.6 Å². The molecule has 0 amide bonds. The van der Waals surface area contributed by atoms with Crippen molar-refractivity contribution in [1.82, 2.24) is 4.57 Å². The van der Waals surface area contributed by atoms with E-state index < -0.39 is 0 Å². The first kappa shape index (κ1) is 18.0. The Balaban J connectivity index is 1.95. The topological polar surface area (TPSA) is 54.6 Å². The van der Waals surface area contributed by atoms with E-state index in [2.05, 4.69) is 4.99 Å². The van der Waals surface area contributed by atoms with Gasteiger partial charge in [0.25, 0.3) is 5.56 Å². The summed E-state index contributed by atoms with van der Waals surface area (Å²) in [4.78, 5) is 17.5. The van der Waals surface area contributed by atoms with E-state index in [4.69, 9.17) is 11.6 Å². The molecule has 0 saturated carbocycles. The first-order valence-corrected chi connectivity index (χ1v) is 9.16. The zero-order valence-corrected chi connectivity index (χ0v) is 15.9. The Morgan fingerprint density at radius 3 is 2.25 bits per heavy atom. The molecule has 0 spiro atoms. The van der Waals surface area contributed by atoms with Gasteiger partial charge in [-0.15, -0.1) is 0 Å². The normalized spacial score (nSPS) is 11.4. The van der Waals surface area contributed by atoms with Crippen molar-refractivity contribution in [3.05, 3.63) is 99.3 Å². The van der Waals surface area contributed by atoms with Gasteiger partial charge in [-0.3, -0.25) is 9.79 Å². The van der Waals surface area contributed by atoms with Crippen LogP contribution in [0.25, 0.3) is 16.5 Å². The van der Waals surface area contributed by atoms with Crippen molar-refractivity contribution in [1.29, 1.82) is 0 Å². The summed E-state index contributed by atoms with van der Waals surface area (Å²) in [5.74, 6) is -0.165. The summed E-state index contributed by atoms with van der Waals surface area (Å²) < 4.78 is 1.27. The number of aromatic nitrogens is 1. The molecule has 0 unspecified atom stereocenters. The van der Waals surface area contributed by atoms with Crippen molar-refractivity contribution in [2.75, 3.05) is 0 Å². The van der Waals surface area contributed by atoms with Gasteiger partial charge in [-0.05, 0) is 49.4 Å². The van der Waals surface area contributed by atoms with Crippen LogP contribution in [0, 0.1) is 6.92 Å². The van der Waals surface area contributed by atoms with Crippen LogP contribution in [0.4, 0.5) is 5.69 Å². The van der Waals surface area contributed by atoms with Gasteiger partial charge < -0.3 is 5.11 Å². The lowest BCUT2D eigenvalue weighted by Gasteiger charge is -2.13. The van der Waals surface area contributed by atoms with E-state index >= 15 is 0 Å². The maximum Gasteiger partial charge on any atom is 0.265 e. The molecule has 0 atom stereocenters. The quantitative estimate of drug-likeness (QED) is 0.477. The fourth-order valence-corrected chi connectivity index (χ4v) is 3.21. The van der Waals surface area contributed by atoms with Gasteiger partial charge in [0.1, 0.15) is 0 Å². The molecule has 0 aliphatic heterocycles. The molecule has 28 heavy (non-hydrogen) atoms. The van der Waals surface area contributed by atoms with Crippen molar-refractivity contribution < 1.29 is 5.11 Å². The summed E-state index contributed by atoms with van der Waals surface area (Å²) >= 11 is 5.96. The maximum atomic E-state index is 13.0. The molecule has 0 saturated heterocycles. The summed E-state index contributed by atoms with van der Waals surface area (Å²) in [6.07, 6.45) is 1.59. The number of aryl methyl sites for hydroxylation is 1. The smallest absolute Gasteiger partial charge is 0.265 e. The molecule has 4 aromatic rings. The molecular formula is C23H17ClN2O2. The molecule has 5 heteroatoms. The SMILES string of the molecule is Cc1ccc(N=Cc2c(O)n(-c3ccc(Cl)cc3)c(=O)c3ccccc23)cc1. The Bertz CT molecular complexity index is 1240. The first-order valence-electron chi connectivity index (χ1n) is 8.78. The van der Waals surface area contributed by atoms with Crippen molar-refractivity contribution in [3.8, 4) is 11.6 Å². The second-order valence-electron chi connectivity index (χ2n) is 6.49. The van der Waals surface area contributed by atoms with E-state index in [1.165, 1.54) is 4.57 Å². The second-order valence-corrected chi connectivity index (χ2v) is 6.93. The third kappa shape index (κ3) is 3.30. The molecule has 1 N–H and O–H groups in total. The number of nitrogens with zero attached hydrogens (tertiary/aromatic N) is 2. The Hall–Kier alpha value is -3.37. The second kappa shape index (κ2) is 7.33. The lowest BCUT2D eigenvalue weighted by Crippen LogP contribution is -2.20. The van der Waals surface area contributed by atoms with Gasteiger partial charge in [-0.2, -0.15) is 0 Å². The molecule has 1 heterocycles. The van der Waals surface area contributed by atoms with Crippen LogP contribution in [0.2, 0.25) is 5.02 Å². The molecule has 0 radical (unpaired) electrons. The van der Waals surface area contributed by atoms with Crippen LogP contribution in [0.5, 0.6) is 5.88 Å². The highest BCUT2D eigenvalue weighted by molar-refractivity contribution is 6.30. The third-order valence-electron chi connectivity index (χ3n) is 4.56. The summed E-state index contributed by atoms with van der Waals surface area (Å²) in [7, 11) is 0. The maximum absolute atomic E-state index is 13.0. The Morgan fingerprint density at radius 2 is 1.57 bits per heavy atom. The summed E-state index contributed by atoms with van der Waals surface area (Å²) in [6, 6.07) is 21.7. The van der Waals surface area contributed by atoms with E-state index in [-0.39, 0.29) is 11.4 Å². The van der Waals surface area contributed by atoms with Crippen LogP contribution in [0.15, 0.2) is 82.6 Å². The minimum Gasteiger partial charge on any atom is -0.494 e. The van der Waals surface area contributed by atoms with Gasteiger partial charge in [0.05, 0.1) is 16.9 Å². The van der Waals surface area contributed by atoms with Crippen molar-refractivity contribution in [2.45, 2.75) is 6.92 Å². The van der Waals surface area contributed by atoms with E-state index in [1.54, 1.807) is 48.7 Å². The number of hydrogen-bond donors (Lipinski definition) is 1. The zero-order chi connectivity index (χ0) is 19.7. The van der Waals surface area contributed by atoms with Crippen molar-refractivity contribution >= 4 is 34.3 Å². The number of benzene rings is 3. The lowest BCUT2D eigenvalue weighted by atomic mass is 10.1. The number of aliphatic imine (C=N–C) groups is 1. The highest BCUT2D eigenvalue weighted by Gasteiger charge is 2.16. The molecule has 0 aliphatic rings. The van der Waals surface area contributed by atoms with E-state index in [9.17, 15) is 9.90 Å². The minimum atomic E-state index is -0.303. The number of rotatable bonds is 3. The molecule has 3 aromatic carbocycles. The summed E-state index contributed by atoms with van der Waals surface area (Å²) in [5.41, 5.74) is 2.61. The Kier molecular flexibility index (Phi) is 4.72. The third-order valence-corrected chi connectivity index (χ3v) is 4.82. The highest BCUT2D eigenvalue weighted by Crippen LogP contribution is 2.27. The predicted molar refractivity (Wildman–Crippen MR) is 115 cm³/mol. The Labute approximate surface area is 167 Å². The van der Waals surface area contributed by atoms with Gasteiger partial charge in [-0.25, -0.2) is 4.57 Å². The van der Waals surface area contributed by atoms with Crippen LogP contribution in [-0.2, 0) is 0 Å². The summed E-state index contributed by atoms with van der Waals surface area (Å²) in [5, 5.41) is 12.7. The zero-order valence-electron chi connectivity index (χ0n) is 15.1. The fourth-order valence-electron chi connectivity index (χ4n) is 3.09. The molecular weight excluding hydrogens is 372 g/mol. The largest absolute Gasteiger partial charge is 0.494 e.